The van der Waals surface area contributed by atoms with Gasteiger partial charge < -0.3 is 32.9 Å². The molecule has 0 spiro atoms. The van der Waals surface area contributed by atoms with Crippen LogP contribution >= 0.6 is 106 Å². The van der Waals surface area contributed by atoms with Gasteiger partial charge in [0.05, 0.1) is 0 Å². The van der Waals surface area contributed by atoms with Gasteiger partial charge in [0.1, 0.15) is 40.2 Å². The van der Waals surface area contributed by atoms with Crippen LogP contribution in [0.1, 0.15) is 0 Å². The van der Waals surface area contributed by atoms with Crippen molar-refractivity contribution in [1.82, 2.24) is 9.21 Å². The van der Waals surface area contributed by atoms with Crippen molar-refractivity contribution >= 4 is 106 Å². The summed E-state index contributed by atoms with van der Waals surface area (Å²) in [5.74, 6) is 2.51. The lowest BCUT2D eigenvalue weighted by Crippen LogP contribution is -2.37. The van der Waals surface area contributed by atoms with Gasteiger partial charge in [-0.15, -0.1) is 4.52 Å². The number of aromatic hydroxyl groups is 1. The Morgan fingerprint density at radius 2 is 0.694 bits per heavy atom. The first-order valence-corrected chi connectivity index (χ1v) is 24.3. The monoisotopic (exact) mass is 1020 g/mol. The minimum atomic E-state index is -3.98. The van der Waals surface area contributed by atoms with E-state index in [2.05, 4.69) is 0 Å². The Morgan fingerprint density at radius 3 is 1.06 bits per heavy atom. The Balaban J connectivity index is 0.000000650. The summed E-state index contributed by atoms with van der Waals surface area (Å²) in [7, 11) is -8.57. The molecule has 1 aliphatic heterocycles. The summed E-state index contributed by atoms with van der Waals surface area (Å²) in [4.78, 5) is 13.3. The van der Waals surface area contributed by atoms with E-state index in [4.69, 9.17) is 119 Å². The van der Waals surface area contributed by atoms with Crippen molar-refractivity contribution in [2.24, 2.45) is 4.52 Å². The predicted molar refractivity (Wildman–Crippen MR) is 252 cm³/mol. The van der Waals surface area contributed by atoms with Crippen LogP contribution in [0.5, 0.6) is 40.2 Å². The number of nitrogens with zero attached hydrogens (tertiary/aromatic N) is 3. The molecule has 0 aromatic heterocycles. The first kappa shape index (κ1) is 46.2. The summed E-state index contributed by atoms with van der Waals surface area (Å²) in [6.07, 6.45) is 0. The maximum atomic E-state index is 8.70. The Morgan fingerprint density at radius 1 is 0.387 bits per heavy atom. The van der Waals surface area contributed by atoms with Gasteiger partial charge in [-0.3, -0.25) is 0 Å². The van der Waals surface area contributed by atoms with E-state index in [-0.39, 0.29) is 5.75 Å². The predicted octanol–water partition coefficient (Wildman–Crippen LogP) is 17.3. The fourth-order valence-electron chi connectivity index (χ4n) is 4.86. The lowest BCUT2D eigenvalue weighted by Gasteiger charge is -2.43. The van der Waals surface area contributed by atoms with Crippen molar-refractivity contribution in [2.75, 3.05) is 0 Å². The highest BCUT2D eigenvalue weighted by molar-refractivity contribution is 7.78. The van der Waals surface area contributed by atoms with Crippen LogP contribution in [0.15, 0.2) is 174 Å². The molecule has 0 bridgehead atoms. The third-order valence-corrected chi connectivity index (χ3v) is 16.4. The molecular weight excluding hydrogens is 1000 g/mol. The summed E-state index contributed by atoms with van der Waals surface area (Å²) in [6, 6.07) is 46.9. The normalized spacial score (nSPS) is 15.9. The van der Waals surface area contributed by atoms with Crippen LogP contribution in [0.3, 0.4) is 0 Å². The largest absolute Gasteiger partial charge is 0.508 e. The molecule has 0 saturated carbocycles. The Kier molecular flexibility index (Phi) is 16.2. The van der Waals surface area contributed by atoms with E-state index in [9.17, 15) is 0 Å². The topological polar surface area (TPSA) is 94.5 Å². The minimum absolute atomic E-state index is 0.245. The van der Waals surface area contributed by atoms with Crippen molar-refractivity contribution in [3.05, 3.63) is 205 Å². The molecule has 0 aliphatic carbocycles. The van der Waals surface area contributed by atoms with E-state index in [1.54, 1.807) is 170 Å². The highest BCUT2D eigenvalue weighted by Gasteiger charge is 2.58. The first-order valence-electron chi connectivity index (χ1n) is 17.8. The molecule has 8 rings (SSSR count). The number of phenols is 1. The highest BCUT2D eigenvalue weighted by Crippen LogP contribution is 2.77. The fraction of sp³-hybridized carbons (Fsp3) is 0. The van der Waals surface area contributed by atoms with Gasteiger partial charge in [0.15, 0.2) is 0 Å². The smallest absolute Gasteiger partial charge is 0.447 e. The van der Waals surface area contributed by atoms with Crippen LogP contribution in [0, 0.1) is 0 Å². The maximum absolute atomic E-state index is 8.70. The van der Waals surface area contributed by atoms with Crippen LogP contribution in [0.2, 0.25) is 35.2 Å². The van der Waals surface area contributed by atoms with Gasteiger partial charge >= 0.3 is 24.6 Å². The van der Waals surface area contributed by atoms with Crippen molar-refractivity contribution in [3.8, 4) is 40.2 Å². The summed E-state index contributed by atoms with van der Waals surface area (Å²) >= 11 is 43.2. The van der Waals surface area contributed by atoms with Crippen molar-refractivity contribution < 1.29 is 32.9 Å². The average Bonchev–Trinajstić information content (AvgIpc) is 3.26. The number of hydrogen-bond acceptors (Lipinski definition) is 10. The van der Waals surface area contributed by atoms with Gasteiger partial charge in [-0.2, -0.15) is 0 Å². The minimum Gasteiger partial charge on any atom is -0.508 e. The Hall–Kier alpha value is -3.82. The molecular formula is C42H29Cl7N3O7P3. The Labute approximate surface area is 394 Å². The zero-order chi connectivity index (χ0) is 43.6. The molecule has 1 aliphatic rings. The van der Waals surface area contributed by atoms with Crippen LogP contribution in [0.4, 0.5) is 0 Å². The molecule has 2 atom stereocenters. The number of halogens is 7. The average molecular weight is 1030 g/mol. The molecule has 20 heteroatoms. The van der Waals surface area contributed by atoms with E-state index in [0.717, 1.165) is 0 Å². The van der Waals surface area contributed by atoms with E-state index in [1.807, 2.05) is 0 Å². The molecule has 2 unspecified atom stereocenters. The van der Waals surface area contributed by atoms with Gasteiger partial charge in [-0.1, -0.05) is 81.2 Å². The lowest BCUT2D eigenvalue weighted by atomic mass is 10.3. The van der Waals surface area contributed by atoms with Gasteiger partial charge in [0.25, 0.3) is 0 Å². The Bertz CT molecular complexity index is 2520. The number of phenolic OH excluding ortho intramolecular Hbond substituents is 1. The molecule has 7 aromatic rings. The van der Waals surface area contributed by atoms with E-state index in [0.29, 0.717) is 69.7 Å². The summed E-state index contributed by atoms with van der Waals surface area (Å²) < 4.78 is 35.3. The second-order valence-electron chi connectivity index (χ2n) is 12.3. The summed E-state index contributed by atoms with van der Waals surface area (Å²) in [5.41, 5.74) is 0. The molecule has 318 valence electrons. The highest BCUT2D eigenvalue weighted by atomic mass is 35.5. The molecule has 1 N–H and O–H groups in total. The molecule has 10 nitrogen and oxygen atoms in total. The number of benzene rings is 7. The quantitative estimate of drug-likeness (QED) is 0.120. The van der Waals surface area contributed by atoms with Gasteiger partial charge in [0.2, 0.25) is 0 Å². The third kappa shape index (κ3) is 12.9. The molecule has 1 heterocycles. The van der Waals surface area contributed by atoms with E-state index >= 15 is 0 Å². The van der Waals surface area contributed by atoms with Gasteiger partial charge in [-0.05, 0) is 170 Å². The second-order valence-corrected chi connectivity index (χ2v) is 20.9. The first-order chi connectivity index (χ1) is 29.9. The van der Waals surface area contributed by atoms with Crippen LogP contribution in [0.25, 0.3) is 0 Å². The van der Waals surface area contributed by atoms with Crippen molar-refractivity contribution in [3.63, 3.8) is 0 Å². The molecule has 62 heavy (non-hydrogen) atoms. The maximum Gasteiger partial charge on any atom is 0.447 e. The van der Waals surface area contributed by atoms with Gasteiger partial charge in [-0.25, -0.2) is 0 Å². The molecule has 0 amide bonds. The molecule has 0 fully saturated rings. The molecule has 0 saturated heterocycles. The zero-order valence-corrected chi connectivity index (χ0v) is 39.4. The number of hydrogen-bond donors (Lipinski definition) is 1. The lowest BCUT2D eigenvalue weighted by molar-refractivity contribution is 0.0545. The third-order valence-electron chi connectivity index (χ3n) is 7.75. The van der Waals surface area contributed by atoms with E-state index < -0.39 is 24.6 Å². The van der Waals surface area contributed by atoms with Crippen molar-refractivity contribution in [1.29, 1.82) is 0 Å². The van der Waals surface area contributed by atoms with Crippen LogP contribution in [-0.2, 0) is 0 Å². The standard InChI is InChI=1S/C36H24Cl6N3O6P3.C6H5ClO/c37-25-1-13-31(14-2-25)46-44-52(48-33-17-5-27(39)6-18-33)43-54(50-35-21-9-29(41)10-22-35,51-36-23-11-30(42)12-24-36)45(47-32-15-3-26(38)4-16-32)53(44)49-34-19-7-28(40)8-20-34;7-5-1-3-6(8)4-2-5/h1-24H;1-4,8H. The molecule has 0 radical (unpaired) electrons. The summed E-state index contributed by atoms with van der Waals surface area (Å²) in [5, 5.41) is 12.3. The van der Waals surface area contributed by atoms with Crippen LogP contribution in [-0.4, -0.2) is 14.3 Å². The fourth-order valence-corrected chi connectivity index (χ4v) is 13.2. The molecule has 7 aromatic carbocycles. The zero-order valence-electron chi connectivity index (χ0n) is 31.4. The van der Waals surface area contributed by atoms with Crippen molar-refractivity contribution in [2.45, 2.75) is 0 Å². The second kappa shape index (κ2) is 21.7. The summed E-state index contributed by atoms with van der Waals surface area (Å²) in [6.45, 7) is 0. The van der Waals surface area contributed by atoms with E-state index in [1.165, 1.54) is 9.21 Å². The van der Waals surface area contributed by atoms with Gasteiger partial charge in [0, 0.05) is 44.4 Å². The van der Waals surface area contributed by atoms with Crippen LogP contribution < -0.4 is 27.8 Å². The number of rotatable bonds is 12. The SMILES string of the molecule is Clc1ccc(ON2P(Oc3ccc(Cl)cc3)N=P(Oc3ccc(Cl)cc3)(Oc3ccc(Cl)cc3)N(Oc3ccc(Cl)cc3)P2Oc2ccc(Cl)cc2)cc1.Oc1ccc(Cl)cc1.